The molecule has 0 spiro atoms. The maximum absolute atomic E-state index is 13.1. The van der Waals surface area contributed by atoms with E-state index < -0.39 is 11.9 Å². The highest BCUT2D eigenvalue weighted by atomic mass is 19.4. The smallest absolute Gasteiger partial charge is 0.433 e. The van der Waals surface area contributed by atoms with E-state index in [4.69, 9.17) is 4.74 Å². The summed E-state index contributed by atoms with van der Waals surface area (Å²) in [6.07, 6.45) is -1.50. The van der Waals surface area contributed by atoms with Gasteiger partial charge in [-0.3, -0.25) is 9.36 Å². The first-order valence-corrected chi connectivity index (χ1v) is 9.95. The number of hydrogen-bond donors (Lipinski definition) is 0. The van der Waals surface area contributed by atoms with Crippen LogP contribution in [-0.2, 0) is 12.7 Å². The Morgan fingerprint density at radius 1 is 1.16 bits per heavy atom. The fraction of sp³-hybridized carbons (Fsp3) is 0.429. The molecule has 1 fully saturated rings. The molecule has 7 nitrogen and oxygen atoms in total. The van der Waals surface area contributed by atoms with Gasteiger partial charge in [0.05, 0.1) is 24.3 Å². The predicted octanol–water partition coefficient (Wildman–Crippen LogP) is 3.44. The summed E-state index contributed by atoms with van der Waals surface area (Å²) in [4.78, 5) is 26.7. The van der Waals surface area contributed by atoms with Crippen LogP contribution in [0.15, 0.2) is 35.4 Å². The van der Waals surface area contributed by atoms with E-state index in [0.29, 0.717) is 36.3 Å². The van der Waals surface area contributed by atoms with Crippen molar-refractivity contribution >= 4 is 16.7 Å². The summed E-state index contributed by atoms with van der Waals surface area (Å²) in [6.45, 7) is 3.09. The number of ether oxygens (including phenoxy) is 1. The van der Waals surface area contributed by atoms with Gasteiger partial charge < -0.3 is 9.64 Å². The molecular weight excluding hydrogens is 411 g/mol. The van der Waals surface area contributed by atoms with Crippen LogP contribution in [0.25, 0.3) is 10.9 Å². The SMILES string of the molecule is COc1ccc2c(=O)n(CC3CCN(c4cc(C(F)(F)F)nc(C)n4)CC3)cnc2c1. The number of piperidine rings is 1. The van der Waals surface area contributed by atoms with Crippen molar-refractivity contribution in [2.75, 3.05) is 25.1 Å². The standard InChI is InChI=1S/C21H22F3N5O2/c1-13-26-18(21(22,23)24)10-19(27-13)28-7-5-14(6-8-28)11-29-12-25-17-9-15(31-2)3-4-16(17)20(29)30/h3-4,9-10,12,14H,5-8,11H2,1-2H3. The summed E-state index contributed by atoms with van der Waals surface area (Å²) in [7, 11) is 1.56. The number of aromatic nitrogens is 4. The third-order valence-electron chi connectivity index (χ3n) is 5.54. The van der Waals surface area contributed by atoms with Crippen LogP contribution in [0.2, 0.25) is 0 Å². The van der Waals surface area contributed by atoms with Crippen LogP contribution in [0.1, 0.15) is 24.4 Å². The number of benzene rings is 1. The lowest BCUT2D eigenvalue weighted by atomic mass is 9.96. The van der Waals surface area contributed by atoms with Crippen LogP contribution in [0.3, 0.4) is 0 Å². The molecule has 3 aromatic rings. The van der Waals surface area contributed by atoms with Crippen LogP contribution in [0.5, 0.6) is 5.75 Å². The second kappa shape index (κ2) is 8.16. The Labute approximate surface area is 176 Å². The second-order valence-corrected chi connectivity index (χ2v) is 7.67. The van der Waals surface area contributed by atoms with E-state index in [9.17, 15) is 18.0 Å². The number of methoxy groups -OCH3 is 1. The zero-order chi connectivity index (χ0) is 22.2. The van der Waals surface area contributed by atoms with Crippen LogP contribution < -0.4 is 15.2 Å². The normalized spacial score (nSPS) is 15.5. The number of rotatable bonds is 4. The molecule has 0 aliphatic carbocycles. The molecule has 4 rings (SSSR count). The molecule has 1 saturated heterocycles. The minimum Gasteiger partial charge on any atom is -0.497 e. The lowest BCUT2D eigenvalue weighted by Crippen LogP contribution is -2.37. The van der Waals surface area contributed by atoms with E-state index >= 15 is 0 Å². The molecule has 2 aromatic heterocycles. The van der Waals surface area contributed by atoms with Gasteiger partial charge in [-0.25, -0.2) is 15.0 Å². The van der Waals surface area contributed by atoms with Crippen molar-refractivity contribution in [2.45, 2.75) is 32.5 Å². The van der Waals surface area contributed by atoms with E-state index in [0.717, 1.165) is 18.9 Å². The quantitative estimate of drug-likeness (QED) is 0.628. The topological polar surface area (TPSA) is 73.1 Å². The van der Waals surface area contributed by atoms with Crippen LogP contribution in [0, 0.1) is 12.8 Å². The molecule has 0 atom stereocenters. The molecular formula is C21H22F3N5O2. The Balaban J connectivity index is 1.46. The number of fused-ring (bicyclic) bond motifs is 1. The van der Waals surface area contributed by atoms with Gasteiger partial charge in [-0.2, -0.15) is 13.2 Å². The zero-order valence-corrected chi connectivity index (χ0v) is 17.2. The molecule has 3 heterocycles. The highest BCUT2D eigenvalue weighted by molar-refractivity contribution is 5.78. The van der Waals surface area contributed by atoms with Crippen molar-refractivity contribution in [1.82, 2.24) is 19.5 Å². The molecule has 1 aliphatic heterocycles. The van der Waals surface area contributed by atoms with Crippen molar-refractivity contribution < 1.29 is 17.9 Å². The zero-order valence-electron chi connectivity index (χ0n) is 17.2. The summed E-state index contributed by atoms with van der Waals surface area (Å²) in [5.74, 6) is 1.24. The Hall–Kier alpha value is -3.17. The molecule has 1 aromatic carbocycles. The van der Waals surface area contributed by atoms with Crippen molar-refractivity contribution in [3.8, 4) is 5.75 Å². The van der Waals surface area contributed by atoms with E-state index in [-0.39, 0.29) is 23.1 Å². The lowest BCUT2D eigenvalue weighted by molar-refractivity contribution is -0.141. The predicted molar refractivity (Wildman–Crippen MR) is 109 cm³/mol. The summed E-state index contributed by atoms with van der Waals surface area (Å²) in [5.41, 5.74) is -0.464. The minimum atomic E-state index is -4.50. The van der Waals surface area contributed by atoms with Crippen LogP contribution in [0.4, 0.5) is 19.0 Å². The number of hydrogen-bond acceptors (Lipinski definition) is 6. The van der Waals surface area contributed by atoms with Gasteiger partial charge in [0.15, 0.2) is 0 Å². The molecule has 0 saturated carbocycles. The first-order chi connectivity index (χ1) is 14.7. The highest BCUT2D eigenvalue weighted by Gasteiger charge is 2.34. The second-order valence-electron chi connectivity index (χ2n) is 7.67. The van der Waals surface area contributed by atoms with Gasteiger partial charge in [0, 0.05) is 31.8 Å². The summed E-state index contributed by atoms with van der Waals surface area (Å²) in [6, 6.07) is 6.16. The first kappa shape index (κ1) is 21.1. The lowest BCUT2D eigenvalue weighted by Gasteiger charge is -2.33. The number of alkyl halides is 3. The van der Waals surface area contributed by atoms with Crippen LogP contribution >= 0.6 is 0 Å². The maximum Gasteiger partial charge on any atom is 0.433 e. The Bertz CT molecular complexity index is 1150. The third kappa shape index (κ3) is 4.47. The van der Waals surface area contributed by atoms with Crippen molar-refractivity contribution in [3.63, 3.8) is 0 Å². The Morgan fingerprint density at radius 3 is 2.58 bits per heavy atom. The van der Waals surface area contributed by atoms with Gasteiger partial charge in [-0.15, -0.1) is 0 Å². The van der Waals surface area contributed by atoms with Crippen LogP contribution in [-0.4, -0.2) is 39.7 Å². The average molecular weight is 433 g/mol. The summed E-state index contributed by atoms with van der Waals surface area (Å²) >= 11 is 0. The molecule has 31 heavy (non-hydrogen) atoms. The maximum atomic E-state index is 13.1. The molecule has 1 aliphatic rings. The fourth-order valence-corrected chi connectivity index (χ4v) is 3.88. The van der Waals surface area contributed by atoms with E-state index in [1.54, 1.807) is 36.2 Å². The van der Waals surface area contributed by atoms with Gasteiger partial charge in [0.1, 0.15) is 23.1 Å². The van der Waals surface area contributed by atoms with Gasteiger partial charge in [0.25, 0.3) is 5.56 Å². The van der Waals surface area contributed by atoms with Gasteiger partial charge >= 0.3 is 6.18 Å². The Morgan fingerprint density at radius 2 is 1.90 bits per heavy atom. The van der Waals surface area contributed by atoms with E-state index in [2.05, 4.69) is 15.0 Å². The number of anilines is 1. The van der Waals surface area contributed by atoms with Gasteiger partial charge in [-0.05, 0) is 37.8 Å². The number of nitrogens with zero attached hydrogens (tertiary/aromatic N) is 5. The fourth-order valence-electron chi connectivity index (χ4n) is 3.88. The molecule has 0 unspecified atom stereocenters. The molecule has 0 bridgehead atoms. The van der Waals surface area contributed by atoms with Crippen molar-refractivity contribution in [1.29, 1.82) is 0 Å². The van der Waals surface area contributed by atoms with Crippen molar-refractivity contribution in [2.24, 2.45) is 5.92 Å². The molecule has 164 valence electrons. The number of halogens is 3. The monoisotopic (exact) mass is 433 g/mol. The summed E-state index contributed by atoms with van der Waals surface area (Å²) in [5, 5.41) is 0.525. The minimum absolute atomic E-state index is 0.0948. The molecule has 10 heteroatoms. The average Bonchev–Trinajstić information content (AvgIpc) is 2.75. The first-order valence-electron chi connectivity index (χ1n) is 9.95. The largest absolute Gasteiger partial charge is 0.497 e. The molecule has 0 N–H and O–H groups in total. The molecule has 0 amide bonds. The number of aryl methyl sites for hydroxylation is 1. The van der Waals surface area contributed by atoms with Gasteiger partial charge in [-0.1, -0.05) is 0 Å². The van der Waals surface area contributed by atoms with E-state index in [1.807, 2.05) is 4.90 Å². The third-order valence-corrected chi connectivity index (χ3v) is 5.54. The van der Waals surface area contributed by atoms with Gasteiger partial charge in [0.2, 0.25) is 0 Å². The van der Waals surface area contributed by atoms with E-state index in [1.165, 1.54) is 6.92 Å². The summed E-state index contributed by atoms with van der Waals surface area (Å²) < 4.78 is 45.9. The highest BCUT2D eigenvalue weighted by Crippen LogP contribution is 2.31. The van der Waals surface area contributed by atoms with Crippen molar-refractivity contribution in [3.05, 3.63) is 52.5 Å². The molecule has 0 radical (unpaired) electrons. The Kier molecular flexibility index (Phi) is 5.55.